The van der Waals surface area contributed by atoms with Gasteiger partial charge in [-0.3, -0.25) is 0 Å². The fraction of sp³-hybridized carbons (Fsp3) is 0.222. The number of hydrogen-bond donors (Lipinski definition) is 2. The van der Waals surface area contributed by atoms with Crippen LogP contribution in [-0.2, 0) is 0 Å². The summed E-state index contributed by atoms with van der Waals surface area (Å²) in [6.45, 7) is 2.86. The Morgan fingerprint density at radius 2 is 2.00 bits per heavy atom. The minimum atomic E-state index is 0.670. The van der Waals surface area contributed by atoms with E-state index in [1.54, 1.807) is 0 Å². The molecule has 0 aliphatic rings. The predicted molar refractivity (Wildman–Crippen MR) is 69.1 cm³/mol. The average Bonchev–Trinajstić information content (AvgIpc) is 2.09. The molecule has 0 spiro atoms. The molecule has 0 unspecified atom stereocenters. The van der Waals surface area contributed by atoms with E-state index in [0.717, 1.165) is 12.2 Å². The van der Waals surface area contributed by atoms with Crippen LogP contribution >= 0.6 is 34.8 Å². The minimum absolute atomic E-state index is 0.670. The molecule has 0 aromatic heterocycles. The van der Waals surface area contributed by atoms with E-state index >= 15 is 0 Å². The molecular formula is C9H11IN2S. The lowest BCUT2D eigenvalue weighted by atomic mass is 10.3. The first-order valence-corrected chi connectivity index (χ1v) is 5.51. The first kappa shape index (κ1) is 10.7. The van der Waals surface area contributed by atoms with Crippen molar-refractivity contribution in [3.8, 4) is 0 Å². The molecule has 1 aromatic rings. The number of rotatable bonds is 2. The summed E-state index contributed by atoms with van der Waals surface area (Å²) in [5, 5.41) is 6.78. The van der Waals surface area contributed by atoms with Crippen LogP contribution in [0.2, 0.25) is 0 Å². The molecule has 0 heterocycles. The molecule has 0 fully saturated rings. The van der Waals surface area contributed by atoms with Crippen LogP contribution in [0.5, 0.6) is 0 Å². The van der Waals surface area contributed by atoms with Crippen LogP contribution in [0.1, 0.15) is 6.92 Å². The highest BCUT2D eigenvalue weighted by Crippen LogP contribution is 2.10. The highest BCUT2D eigenvalue weighted by atomic mass is 127. The fourth-order valence-corrected chi connectivity index (χ4v) is 1.49. The Labute approximate surface area is 97.2 Å². The minimum Gasteiger partial charge on any atom is -0.363 e. The number of thiocarbonyl (C=S) groups is 1. The maximum Gasteiger partial charge on any atom is 0.170 e. The van der Waals surface area contributed by atoms with Crippen LogP contribution in [0.15, 0.2) is 24.3 Å². The van der Waals surface area contributed by atoms with Gasteiger partial charge in [-0.1, -0.05) is 0 Å². The summed E-state index contributed by atoms with van der Waals surface area (Å²) in [6, 6.07) is 8.09. The van der Waals surface area contributed by atoms with Crippen LogP contribution in [0, 0.1) is 3.57 Å². The van der Waals surface area contributed by atoms with Crippen molar-refractivity contribution >= 4 is 45.6 Å². The van der Waals surface area contributed by atoms with Gasteiger partial charge in [0.2, 0.25) is 0 Å². The van der Waals surface area contributed by atoms with Crippen LogP contribution in [0.3, 0.4) is 0 Å². The Balaban J connectivity index is 2.54. The van der Waals surface area contributed by atoms with Gasteiger partial charge in [0.05, 0.1) is 0 Å². The van der Waals surface area contributed by atoms with Gasteiger partial charge in [0.15, 0.2) is 5.11 Å². The molecule has 0 bridgehead atoms. The molecule has 0 saturated heterocycles. The zero-order valence-corrected chi connectivity index (χ0v) is 10.3. The van der Waals surface area contributed by atoms with Crippen molar-refractivity contribution in [1.82, 2.24) is 5.32 Å². The van der Waals surface area contributed by atoms with Crippen molar-refractivity contribution in [1.29, 1.82) is 0 Å². The molecule has 70 valence electrons. The summed E-state index contributed by atoms with van der Waals surface area (Å²) in [7, 11) is 0. The van der Waals surface area contributed by atoms with E-state index < -0.39 is 0 Å². The summed E-state index contributed by atoms with van der Waals surface area (Å²) in [5.74, 6) is 0. The van der Waals surface area contributed by atoms with Gasteiger partial charge in [-0.15, -0.1) is 0 Å². The molecule has 1 rings (SSSR count). The average molecular weight is 306 g/mol. The molecule has 1 aromatic carbocycles. The first-order valence-electron chi connectivity index (χ1n) is 4.03. The lowest BCUT2D eigenvalue weighted by Crippen LogP contribution is -2.27. The van der Waals surface area contributed by atoms with E-state index in [-0.39, 0.29) is 0 Å². The predicted octanol–water partition coefficient (Wildman–Crippen LogP) is 2.60. The fourth-order valence-electron chi connectivity index (χ4n) is 0.869. The number of halogens is 1. The number of anilines is 1. The lowest BCUT2D eigenvalue weighted by Gasteiger charge is -2.08. The van der Waals surface area contributed by atoms with Crippen molar-refractivity contribution in [2.75, 3.05) is 11.9 Å². The maximum atomic E-state index is 5.04. The quantitative estimate of drug-likeness (QED) is 0.649. The molecule has 2 nitrogen and oxygen atoms in total. The Kier molecular flexibility index (Phi) is 4.44. The standard InChI is InChI=1S/C9H11IN2S/c1-2-11-9(13)12-8-5-3-7(10)4-6-8/h3-6H,2H2,1H3,(H2,11,12,13). The summed E-state index contributed by atoms with van der Waals surface area (Å²) in [5.41, 5.74) is 1.02. The molecule has 0 aliphatic carbocycles. The molecule has 0 aliphatic heterocycles. The van der Waals surface area contributed by atoms with Gasteiger partial charge in [-0.2, -0.15) is 0 Å². The normalized spacial score (nSPS) is 9.38. The molecule has 0 saturated carbocycles. The molecule has 4 heteroatoms. The first-order chi connectivity index (χ1) is 6.22. The van der Waals surface area contributed by atoms with E-state index in [2.05, 4.69) is 33.2 Å². The van der Waals surface area contributed by atoms with Crippen molar-refractivity contribution < 1.29 is 0 Å². The third-order valence-electron chi connectivity index (χ3n) is 1.44. The smallest absolute Gasteiger partial charge is 0.170 e. The van der Waals surface area contributed by atoms with Crippen LogP contribution in [0.4, 0.5) is 5.69 Å². The third kappa shape index (κ3) is 3.91. The Hall–Kier alpha value is -0.360. The Bertz CT molecular complexity index is 284. The van der Waals surface area contributed by atoms with Gasteiger partial charge in [-0.05, 0) is 66.0 Å². The van der Waals surface area contributed by atoms with Gasteiger partial charge < -0.3 is 10.6 Å². The monoisotopic (exact) mass is 306 g/mol. The number of benzene rings is 1. The Morgan fingerprint density at radius 1 is 1.38 bits per heavy atom. The summed E-state index contributed by atoms with van der Waals surface area (Å²) in [6.07, 6.45) is 0. The second kappa shape index (κ2) is 5.39. The topological polar surface area (TPSA) is 24.1 Å². The lowest BCUT2D eigenvalue weighted by molar-refractivity contribution is 0.979. The van der Waals surface area contributed by atoms with Crippen molar-refractivity contribution in [3.63, 3.8) is 0 Å². The maximum absolute atomic E-state index is 5.04. The molecule has 2 N–H and O–H groups in total. The second-order valence-corrected chi connectivity index (χ2v) is 4.15. The van der Waals surface area contributed by atoms with Gasteiger partial charge >= 0.3 is 0 Å². The van der Waals surface area contributed by atoms with Gasteiger partial charge in [0.25, 0.3) is 0 Å². The Morgan fingerprint density at radius 3 is 2.54 bits per heavy atom. The molecule has 0 radical (unpaired) electrons. The van der Waals surface area contributed by atoms with E-state index in [1.807, 2.05) is 31.2 Å². The zero-order valence-electron chi connectivity index (χ0n) is 7.30. The molecule has 0 amide bonds. The van der Waals surface area contributed by atoms with Gasteiger partial charge in [-0.25, -0.2) is 0 Å². The van der Waals surface area contributed by atoms with Crippen molar-refractivity contribution in [2.45, 2.75) is 6.92 Å². The van der Waals surface area contributed by atoms with Crippen molar-refractivity contribution in [2.24, 2.45) is 0 Å². The molecule has 13 heavy (non-hydrogen) atoms. The van der Waals surface area contributed by atoms with Gasteiger partial charge in [0, 0.05) is 15.8 Å². The second-order valence-electron chi connectivity index (χ2n) is 2.49. The highest BCUT2D eigenvalue weighted by Gasteiger charge is 1.94. The summed E-state index contributed by atoms with van der Waals surface area (Å²) >= 11 is 7.31. The third-order valence-corrected chi connectivity index (χ3v) is 2.40. The number of nitrogens with one attached hydrogen (secondary N) is 2. The van der Waals surface area contributed by atoms with Crippen LogP contribution in [0.25, 0.3) is 0 Å². The van der Waals surface area contributed by atoms with Crippen LogP contribution < -0.4 is 10.6 Å². The van der Waals surface area contributed by atoms with Crippen LogP contribution in [-0.4, -0.2) is 11.7 Å². The summed E-state index contributed by atoms with van der Waals surface area (Å²) in [4.78, 5) is 0. The van der Waals surface area contributed by atoms with E-state index in [1.165, 1.54) is 3.57 Å². The molecular weight excluding hydrogens is 295 g/mol. The largest absolute Gasteiger partial charge is 0.363 e. The SMILES string of the molecule is CCNC(=S)Nc1ccc(I)cc1. The zero-order chi connectivity index (χ0) is 9.68. The van der Waals surface area contributed by atoms with Gasteiger partial charge in [0.1, 0.15) is 0 Å². The summed E-state index contributed by atoms with van der Waals surface area (Å²) < 4.78 is 1.22. The van der Waals surface area contributed by atoms with E-state index in [0.29, 0.717) is 5.11 Å². The molecule has 0 atom stereocenters. The number of hydrogen-bond acceptors (Lipinski definition) is 1. The van der Waals surface area contributed by atoms with E-state index in [4.69, 9.17) is 12.2 Å². The van der Waals surface area contributed by atoms with Crippen molar-refractivity contribution in [3.05, 3.63) is 27.8 Å². The van der Waals surface area contributed by atoms with E-state index in [9.17, 15) is 0 Å². The highest BCUT2D eigenvalue weighted by molar-refractivity contribution is 14.1.